The quantitative estimate of drug-likeness (QED) is 0.853. The number of nitrogens with zero attached hydrogens (tertiary/aromatic N) is 1. The van der Waals surface area contributed by atoms with E-state index in [-0.39, 0.29) is 0 Å². The third-order valence-corrected chi connectivity index (χ3v) is 4.19. The first kappa shape index (κ1) is 14.6. The van der Waals surface area contributed by atoms with Gasteiger partial charge in [-0.1, -0.05) is 20.3 Å². The maximum absolute atomic E-state index is 6.01. The van der Waals surface area contributed by atoms with Crippen molar-refractivity contribution < 1.29 is 4.42 Å². The Morgan fingerprint density at radius 2 is 2.21 bits per heavy atom. The van der Waals surface area contributed by atoms with Gasteiger partial charge in [0.15, 0.2) is 0 Å². The molecule has 19 heavy (non-hydrogen) atoms. The number of furan rings is 1. The second-order valence-electron chi connectivity index (χ2n) is 5.63. The van der Waals surface area contributed by atoms with Crippen molar-refractivity contribution in [2.24, 2.45) is 0 Å². The molecule has 1 fully saturated rings. The molecule has 1 aliphatic heterocycles. The molecule has 1 aromatic heterocycles. The van der Waals surface area contributed by atoms with Gasteiger partial charge in [0.25, 0.3) is 0 Å². The van der Waals surface area contributed by atoms with E-state index in [0.29, 0.717) is 0 Å². The minimum Gasteiger partial charge on any atom is -0.463 e. The average molecular weight is 264 g/mol. The summed E-state index contributed by atoms with van der Waals surface area (Å²) in [7, 11) is 0. The van der Waals surface area contributed by atoms with Gasteiger partial charge in [-0.3, -0.25) is 4.90 Å². The lowest BCUT2D eigenvalue weighted by Crippen LogP contribution is -2.38. The Balaban J connectivity index is 1.97. The summed E-state index contributed by atoms with van der Waals surface area (Å²) in [5, 5.41) is 3.33. The number of nitrogens with one attached hydrogen (secondary N) is 1. The lowest BCUT2D eigenvalue weighted by Gasteiger charge is -2.34. The summed E-state index contributed by atoms with van der Waals surface area (Å²) in [6, 6.07) is 2.96. The second kappa shape index (κ2) is 7.11. The van der Waals surface area contributed by atoms with Crippen LogP contribution in [0.5, 0.6) is 0 Å². The molecule has 108 valence electrons. The van der Waals surface area contributed by atoms with Crippen molar-refractivity contribution in [1.82, 2.24) is 10.2 Å². The molecule has 3 heteroatoms. The molecule has 1 unspecified atom stereocenters. The topological polar surface area (TPSA) is 28.4 Å². The molecule has 1 saturated heterocycles. The Kier molecular flexibility index (Phi) is 5.46. The van der Waals surface area contributed by atoms with Crippen molar-refractivity contribution in [2.45, 2.75) is 65.6 Å². The number of likely N-dealkylation sites (tertiary alicyclic amines) is 1. The van der Waals surface area contributed by atoms with Crippen LogP contribution in [0.2, 0.25) is 0 Å². The molecule has 2 rings (SSSR count). The van der Waals surface area contributed by atoms with E-state index in [4.69, 9.17) is 4.42 Å². The highest BCUT2D eigenvalue weighted by atomic mass is 16.3. The van der Waals surface area contributed by atoms with Crippen molar-refractivity contribution in [2.75, 3.05) is 13.1 Å². The largest absolute Gasteiger partial charge is 0.463 e. The van der Waals surface area contributed by atoms with Crippen molar-refractivity contribution >= 4 is 0 Å². The Morgan fingerprint density at radius 1 is 1.37 bits per heavy atom. The van der Waals surface area contributed by atoms with E-state index in [1.165, 1.54) is 37.8 Å². The van der Waals surface area contributed by atoms with Crippen LogP contribution >= 0.6 is 0 Å². The molecule has 0 aromatic carbocycles. The van der Waals surface area contributed by atoms with E-state index in [9.17, 15) is 0 Å². The normalized spacial score (nSPS) is 20.9. The summed E-state index contributed by atoms with van der Waals surface area (Å²) >= 11 is 0. The highest BCUT2D eigenvalue weighted by Crippen LogP contribution is 2.23. The predicted molar refractivity (Wildman–Crippen MR) is 79.2 cm³/mol. The van der Waals surface area contributed by atoms with Gasteiger partial charge in [-0.05, 0) is 50.9 Å². The molecule has 1 N–H and O–H groups in total. The molecule has 0 aliphatic carbocycles. The fraction of sp³-hybridized carbons (Fsp3) is 0.750. The standard InChI is InChI=1S/C16H28N2O/c1-4-14-8-6-7-9-18(14)12-15-10-13(3)16(19-15)11-17-5-2/h10,14,17H,4-9,11-12H2,1-3H3. The zero-order chi connectivity index (χ0) is 13.7. The number of rotatable bonds is 6. The van der Waals surface area contributed by atoms with E-state index in [2.05, 4.69) is 37.1 Å². The molecule has 2 heterocycles. The molecule has 1 aliphatic rings. The number of piperidine rings is 1. The first-order chi connectivity index (χ1) is 9.24. The first-order valence-electron chi connectivity index (χ1n) is 7.77. The van der Waals surface area contributed by atoms with Crippen LogP contribution in [0.15, 0.2) is 10.5 Å². The number of hydrogen-bond donors (Lipinski definition) is 1. The molecular formula is C16H28N2O. The van der Waals surface area contributed by atoms with Crippen molar-refractivity contribution in [1.29, 1.82) is 0 Å². The second-order valence-corrected chi connectivity index (χ2v) is 5.63. The smallest absolute Gasteiger partial charge is 0.120 e. The Labute approximate surface area is 117 Å². The van der Waals surface area contributed by atoms with Gasteiger partial charge in [-0.2, -0.15) is 0 Å². The Bertz CT molecular complexity index is 386. The van der Waals surface area contributed by atoms with E-state index < -0.39 is 0 Å². The van der Waals surface area contributed by atoms with Crippen LogP contribution in [0.1, 0.15) is 56.6 Å². The van der Waals surface area contributed by atoms with E-state index >= 15 is 0 Å². The lowest BCUT2D eigenvalue weighted by atomic mass is 10.00. The van der Waals surface area contributed by atoms with Gasteiger partial charge in [0.05, 0.1) is 13.1 Å². The zero-order valence-corrected chi connectivity index (χ0v) is 12.7. The van der Waals surface area contributed by atoms with Crippen LogP contribution in [0.3, 0.4) is 0 Å². The minimum absolute atomic E-state index is 0.747. The SMILES string of the molecule is CCNCc1oc(CN2CCCCC2CC)cc1C. The zero-order valence-electron chi connectivity index (χ0n) is 12.7. The van der Waals surface area contributed by atoms with Crippen LogP contribution in [0.25, 0.3) is 0 Å². The van der Waals surface area contributed by atoms with E-state index in [1.54, 1.807) is 0 Å². The molecule has 0 spiro atoms. The fourth-order valence-corrected chi connectivity index (χ4v) is 3.01. The molecule has 1 atom stereocenters. The Hall–Kier alpha value is -0.800. The van der Waals surface area contributed by atoms with Gasteiger partial charge in [0.2, 0.25) is 0 Å². The van der Waals surface area contributed by atoms with Gasteiger partial charge in [-0.25, -0.2) is 0 Å². The first-order valence-corrected chi connectivity index (χ1v) is 7.77. The van der Waals surface area contributed by atoms with Crippen LogP contribution in [0.4, 0.5) is 0 Å². The predicted octanol–water partition coefficient (Wildman–Crippen LogP) is 3.46. The van der Waals surface area contributed by atoms with Crippen molar-refractivity contribution in [3.8, 4) is 0 Å². The fourth-order valence-electron chi connectivity index (χ4n) is 3.01. The van der Waals surface area contributed by atoms with Crippen LogP contribution in [-0.2, 0) is 13.1 Å². The molecule has 0 saturated carbocycles. The molecular weight excluding hydrogens is 236 g/mol. The van der Waals surface area contributed by atoms with E-state index in [1.807, 2.05) is 0 Å². The molecule has 0 bridgehead atoms. The maximum Gasteiger partial charge on any atom is 0.120 e. The summed E-state index contributed by atoms with van der Waals surface area (Å²) in [5.74, 6) is 2.23. The van der Waals surface area contributed by atoms with Gasteiger partial charge < -0.3 is 9.73 Å². The molecule has 0 amide bonds. The van der Waals surface area contributed by atoms with Gasteiger partial charge in [0.1, 0.15) is 11.5 Å². The summed E-state index contributed by atoms with van der Waals surface area (Å²) in [5.41, 5.74) is 1.28. The molecule has 3 nitrogen and oxygen atoms in total. The van der Waals surface area contributed by atoms with Crippen LogP contribution in [-0.4, -0.2) is 24.0 Å². The minimum atomic E-state index is 0.747. The molecule has 0 radical (unpaired) electrons. The third-order valence-electron chi connectivity index (χ3n) is 4.19. The van der Waals surface area contributed by atoms with Gasteiger partial charge >= 0.3 is 0 Å². The van der Waals surface area contributed by atoms with Crippen molar-refractivity contribution in [3.05, 3.63) is 23.2 Å². The number of aryl methyl sites for hydroxylation is 1. The monoisotopic (exact) mass is 264 g/mol. The number of hydrogen-bond acceptors (Lipinski definition) is 3. The summed E-state index contributed by atoms with van der Waals surface area (Å²) in [6.07, 6.45) is 5.32. The average Bonchev–Trinajstić information content (AvgIpc) is 2.77. The summed E-state index contributed by atoms with van der Waals surface area (Å²) in [6.45, 7) is 10.6. The van der Waals surface area contributed by atoms with Gasteiger partial charge in [0, 0.05) is 6.04 Å². The Morgan fingerprint density at radius 3 is 2.95 bits per heavy atom. The van der Waals surface area contributed by atoms with Crippen LogP contribution in [0, 0.1) is 6.92 Å². The van der Waals surface area contributed by atoms with Crippen LogP contribution < -0.4 is 5.32 Å². The van der Waals surface area contributed by atoms with E-state index in [0.717, 1.165) is 37.2 Å². The highest BCUT2D eigenvalue weighted by Gasteiger charge is 2.22. The maximum atomic E-state index is 6.01. The molecule has 1 aromatic rings. The van der Waals surface area contributed by atoms with Crippen molar-refractivity contribution in [3.63, 3.8) is 0 Å². The highest BCUT2D eigenvalue weighted by molar-refractivity contribution is 5.20. The third kappa shape index (κ3) is 3.83. The summed E-state index contributed by atoms with van der Waals surface area (Å²) in [4.78, 5) is 2.60. The summed E-state index contributed by atoms with van der Waals surface area (Å²) < 4.78 is 6.01. The lowest BCUT2D eigenvalue weighted by molar-refractivity contribution is 0.125. The van der Waals surface area contributed by atoms with Gasteiger partial charge in [-0.15, -0.1) is 0 Å².